The molecule has 116 valence electrons. The topological polar surface area (TPSA) is 68.8 Å². The fourth-order valence-electron chi connectivity index (χ4n) is 1.94. The minimum Gasteiger partial charge on any atom is -0.339 e. The fourth-order valence-corrected chi connectivity index (χ4v) is 1.94. The van der Waals surface area contributed by atoms with Gasteiger partial charge in [0.05, 0.1) is 18.8 Å². The van der Waals surface area contributed by atoms with E-state index in [1.165, 1.54) is 5.56 Å². The maximum atomic E-state index is 5.29. The van der Waals surface area contributed by atoms with E-state index in [9.17, 15) is 0 Å². The molecule has 6 heteroatoms. The van der Waals surface area contributed by atoms with Gasteiger partial charge in [-0.15, -0.1) is 0 Å². The lowest BCUT2D eigenvalue weighted by molar-refractivity contribution is 0.315. The quantitative estimate of drug-likeness (QED) is 0.917. The van der Waals surface area contributed by atoms with Gasteiger partial charge >= 0.3 is 0 Å². The lowest BCUT2D eigenvalue weighted by Gasteiger charge is -2.21. The van der Waals surface area contributed by atoms with Crippen LogP contribution in [-0.2, 0) is 12.0 Å². The van der Waals surface area contributed by atoms with Crippen molar-refractivity contribution in [3.05, 3.63) is 29.7 Å². The van der Waals surface area contributed by atoms with Crippen LogP contribution < -0.4 is 5.32 Å². The van der Waals surface area contributed by atoms with Crippen LogP contribution in [0.15, 0.2) is 16.9 Å². The predicted molar refractivity (Wildman–Crippen MR) is 81.0 cm³/mol. The van der Waals surface area contributed by atoms with Gasteiger partial charge in [-0.05, 0) is 26.3 Å². The van der Waals surface area contributed by atoms with Crippen molar-refractivity contribution in [1.29, 1.82) is 0 Å². The molecular weight excluding hydrogens is 266 g/mol. The number of hydrogen-bond donors (Lipinski definition) is 1. The van der Waals surface area contributed by atoms with Gasteiger partial charge in [0.1, 0.15) is 0 Å². The van der Waals surface area contributed by atoms with E-state index in [2.05, 4.69) is 61.4 Å². The summed E-state index contributed by atoms with van der Waals surface area (Å²) in [6.07, 6.45) is 3.92. The molecule has 0 aliphatic rings. The third-order valence-corrected chi connectivity index (χ3v) is 3.56. The molecule has 0 saturated heterocycles. The van der Waals surface area contributed by atoms with Crippen LogP contribution in [-0.4, -0.2) is 26.0 Å². The summed E-state index contributed by atoms with van der Waals surface area (Å²) < 4.78 is 7.27. The van der Waals surface area contributed by atoms with E-state index in [4.69, 9.17) is 4.52 Å². The Morgan fingerprint density at radius 3 is 2.57 bits per heavy atom. The van der Waals surface area contributed by atoms with Gasteiger partial charge in [-0.1, -0.05) is 25.9 Å². The van der Waals surface area contributed by atoms with Crippen molar-refractivity contribution < 1.29 is 4.52 Å². The molecule has 2 rings (SSSR count). The molecule has 6 nitrogen and oxygen atoms in total. The maximum Gasteiger partial charge on any atom is 0.232 e. The molecular formula is C15H25N5O. The van der Waals surface area contributed by atoms with Crippen molar-refractivity contribution in [1.82, 2.24) is 25.2 Å². The van der Waals surface area contributed by atoms with Crippen LogP contribution >= 0.6 is 0 Å². The number of nitrogens with zero attached hydrogens (tertiary/aromatic N) is 4. The molecule has 0 aliphatic carbocycles. The summed E-state index contributed by atoms with van der Waals surface area (Å²) in [6, 6.07) is 0.508. The van der Waals surface area contributed by atoms with Crippen LogP contribution in [0.5, 0.6) is 0 Å². The Morgan fingerprint density at radius 2 is 2.05 bits per heavy atom. The first-order valence-electron chi connectivity index (χ1n) is 7.34. The Kier molecular flexibility index (Phi) is 4.46. The first kappa shape index (κ1) is 15.7. The SMILES string of the molecule is Cc1cnn([C@H](C)[C@@H](C)NCc2noc(C(C)(C)C)n2)c1. The van der Waals surface area contributed by atoms with Gasteiger partial charge in [0.25, 0.3) is 0 Å². The summed E-state index contributed by atoms with van der Waals surface area (Å²) in [5, 5.41) is 11.8. The Labute approximate surface area is 125 Å². The number of aryl methyl sites for hydroxylation is 1. The molecule has 2 atom stereocenters. The Bertz CT molecular complexity index is 581. The largest absolute Gasteiger partial charge is 0.339 e. The molecule has 0 amide bonds. The Balaban J connectivity index is 1.92. The first-order valence-corrected chi connectivity index (χ1v) is 7.34. The highest BCUT2D eigenvalue weighted by Crippen LogP contribution is 2.19. The zero-order chi connectivity index (χ0) is 15.6. The van der Waals surface area contributed by atoms with Gasteiger partial charge in [-0.2, -0.15) is 10.1 Å². The molecule has 0 aromatic carbocycles. The molecule has 0 aliphatic heterocycles. The van der Waals surface area contributed by atoms with E-state index in [-0.39, 0.29) is 17.5 Å². The minimum absolute atomic E-state index is 0.114. The summed E-state index contributed by atoms with van der Waals surface area (Å²) in [6.45, 7) is 13.1. The van der Waals surface area contributed by atoms with Crippen LogP contribution in [0.2, 0.25) is 0 Å². The maximum absolute atomic E-state index is 5.29. The molecule has 0 radical (unpaired) electrons. The minimum atomic E-state index is -0.114. The highest BCUT2D eigenvalue weighted by atomic mass is 16.5. The molecule has 1 N–H and O–H groups in total. The third-order valence-electron chi connectivity index (χ3n) is 3.56. The van der Waals surface area contributed by atoms with Gasteiger partial charge in [0.15, 0.2) is 5.82 Å². The van der Waals surface area contributed by atoms with Crippen molar-refractivity contribution in [2.75, 3.05) is 0 Å². The van der Waals surface area contributed by atoms with Crippen LogP contribution in [0.1, 0.15) is 57.9 Å². The van der Waals surface area contributed by atoms with Gasteiger partial charge in [0, 0.05) is 17.7 Å². The van der Waals surface area contributed by atoms with E-state index < -0.39 is 0 Å². The van der Waals surface area contributed by atoms with Crippen molar-refractivity contribution in [3.8, 4) is 0 Å². The summed E-state index contributed by atoms with van der Waals surface area (Å²) in [7, 11) is 0. The second-order valence-electron chi connectivity index (χ2n) is 6.67. The summed E-state index contributed by atoms with van der Waals surface area (Å²) >= 11 is 0. The fraction of sp³-hybridized carbons (Fsp3) is 0.667. The van der Waals surface area contributed by atoms with E-state index >= 15 is 0 Å². The second kappa shape index (κ2) is 5.97. The lowest BCUT2D eigenvalue weighted by Crippen LogP contribution is -2.33. The second-order valence-corrected chi connectivity index (χ2v) is 6.67. The highest BCUT2D eigenvalue weighted by molar-refractivity contribution is 5.01. The molecule has 0 spiro atoms. The van der Waals surface area contributed by atoms with Gasteiger partial charge < -0.3 is 9.84 Å². The van der Waals surface area contributed by atoms with Crippen molar-refractivity contribution in [2.45, 2.75) is 65.6 Å². The summed E-state index contributed by atoms with van der Waals surface area (Å²) in [5.74, 6) is 1.36. The van der Waals surface area contributed by atoms with Crippen LogP contribution in [0.4, 0.5) is 0 Å². The standard InChI is InChI=1S/C15H25N5O/c1-10-7-17-20(9-10)12(3)11(2)16-8-13-18-14(21-19-13)15(4,5)6/h7,9,11-12,16H,8H2,1-6H3/t11-,12-/m1/s1. The van der Waals surface area contributed by atoms with Crippen LogP contribution in [0, 0.1) is 6.92 Å². The molecule has 0 fully saturated rings. The summed E-state index contributed by atoms with van der Waals surface area (Å²) in [4.78, 5) is 4.43. The molecule has 2 aromatic heterocycles. The molecule has 0 saturated carbocycles. The molecule has 0 unspecified atom stereocenters. The molecule has 2 aromatic rings. The molecule has 0 bridgehead atoms. The molecule has 2 heterocycles. The lowest BCUT2D eigenvalue weighted by atomic mass is 9.97. The van der Waals surface area contributed by atoms with Crippen LogP contribution in [0.25, 0.3) is 0 Å². The van der Waals surface area contributed by atoms with Crippen molar-refractivity contribution >= 4 is 0 Å². The zero-order valence-electron chi connectivity index (χ0n) is 13.7. The zero-order valence-corrected chi connectivity index (χ0v) is 13.7. The van der Waals surface area contributed by atoms with Gasteiger partial charge in [-0.3, -0.25) is 4.68 Å². The van der Waals surface area contributed by atoms with Gasteiger partial charge in [0.2, 0.25) is 5.89 Å². The number of nitrogens with one attached hydrogen (secondary N) is 1. The predicted octanol–water partition coefficient (Wildman–Crippen LogP) is 2.61. The highest BCUT2D eigenvalue weighted by Gasteiger charge is 2.22. The van der Waals surface area contributed by atoms with Gasteiger partial charge in [-0.25, -0.2) is 0 Å². The van der Waals surface area contributed by atoms with Crippen molar-refractivity contribution in [2.24, 2.45) is 0 Å². The average Bonchev–Trinajstić information content (AvgIpc) is 3.03. The molecule has 21 heavy (non-hydrogen) atoms. The van der Waals surface area contributed by atoms with E-state index in [0.717, 1.165) is 0 Å². The van der Waals surface area contributed by atoms with Crippen molar-refractivity contribution in [3.63, 3.8) is 0 Å². The van der Waals surface area contributed by atoms with E-state index in [1.54, 1.807) is 0 Å². The summed E-state index contributed by atoms with van der Waals surface area (Å²) in [5.41, 5.74) is 1.05. The average molecular weight is 291 g/mol. The monoisotopic (exact) mass is 291 g/mol. The third kappa shape index (κ3) is 3.91. The Morgan fingerprint density at radius 1 is 1.33 bits per heavy atom. The number of rotatable bonds is 5. The first-order chi connectivity index (χ1) is 9.77. The van der Waals surface area contributed by atoms with Crippen LogP contribution in [0.3, 0.4) is 0 Å². The van der Waals surface area contributed by atoms with E-state index in [0.29, 0.717) is 18.3 Å². The number of aromatic nitrogens is 4. The Hall–Kier alpha value is -1.69. The number of hydrogen-bond acceptors (Lipinski definition) is 5. The van der Waals surface area contributed by atoms with E-state index in [1.807, 2.05) is 17.8 Å². The normalized spacial score (nSPS) is 15.1. The smallest absolute Gasteiger partial charge is 0.232 e.